The standard InChI is InChI=1S/C34H56N2O12/c1-13-25-34(10)30(46-33(41)47-34)19(5)26(35-48-23(9)38)16(2)14-17(3)28(20(6)27(39)21(7)31(40)44-25)45-32-29(43-22(8)37)24(36(11)12)15-18(4)42-32/h16-21,24-25,27-30,32,39H,13-15H2,1-12H3/b35-26+/t16-,17+,18-,19+,20+,21-,24+,25-,27+,28+,29-,30?,32?,34-/m1/s1. The summed E-state index contributed by atoms with van der Waals surface area (Å²) in [5, 5.41) is 15.9. The van der Waals surface area contributed by atoms with E-state index in [1.54, 1.807) is 34.6 Å². The fourth-order valence-corrected chi connectivity index (χ4v) is 7.57. The van der Waals surface area contributed by atoms with E-state index in [-0.39, 0.29) is 30.4 Å². The number of nitrogens with zero attached hydrogens (tertiary/aromatic N) is 2. The molecule has 0 saturated carbocycles. The van der Waals surface area contributed by atoms with Crippen molar-refractivity contribution < 1.29 is 57.5 Å². The van der Waals surface area contributed by atoms with E-state index >= 15 is 0 Å². The summed E-state index contributed by atoms with van der Waals surface area (Å²) in [5.74, 6) is -4.73. The van der Waals surface area contributed by atoms with Gasteiger partial charge in [0.25, 0.3) is 0 Å². The number of carbonyl (C=O) groups is 4. The Kier molecular flexibility index (Phi) is 13.4. The van der Waals surface area contributed by atoms with Gasteiger partial charge in [-0.05, 0) is 66.0 Å². The maximum Gasteiger partial charge on any atom is 0.509 e. The molecule has 3 aliphatic heterocycles. The minimum Gasteiger partial charge on any atom is -0.458 e. The topological polar surface area (TPSA) is 169 Å². The summed E-state index contributed by atoms with van der Waals surface area (Å²) in [6.45, 7) is 16.9. The SMILES string of the molecule is CC[C@H]1OC(=O)[C@H](C)[C@@H](O)[C@H](C)[C@@H](OC2O[C@H](C)C[C@H](N(C)C)[C@H]2OC(C)=O)[C@@H](C)C[C@@H](C)/C(=N\OC(C)=O)[C@H](C)C2OC(=O)O[C@@]21C. The van der Waals surface area contributed by atoms with Gasteiger partial charge in [-0.15, -0.1) is 0 Å². The van der Waals surface area contributed by atoms with Gasteiger partial charge in [-0.1, -0.05) is 39.8 Å². The van der Waals surface area contributed by atoms with Crippen LogP contribution in [0, 0.1) is 29.6 Å². The Morgan fingerprint density at radius 3 is 2.19 bits per heavy atom. The third-order valence-corrected chi connectivity index (χ3v) is 10.1. The van der Waals surface area contributed by atoms with Gasteiger partial charge in [0.2, 0.25) is 0 Å². The lowest BCUT2D eigenvalue weighted by atomic mass is 9.75. The number of aliphatic hydroxyl groups excluding tert-OH is 1. The second-order valence-electron chi connectivity index (χ2n) is 14.3. The summed E-state index contributed by atoms with van der Waals surface area (Å²) >= 11 is 0. The smallest absolute Gasteiger partial charge is 0.458 e. The van der Waals surface area contributed by atoms with Crippen LogP contribution in [-0.2, 0) is 47.6 Å². The van der Waals surface area contributed by atoms with Crippen LogP contribution in [0.15, 0.2) is 5.16 Å². The molecular formula is C34H56N2O12. The molecule has 0 aromatic carbocycles. The van der Waals surface area contributed by atoms with Gasteiger partial charge in [-0.3, -0.25) is 9.59 Å². The molecule has 0 spiro atoms. The summed E-state index contributed by atoms with van der Waals surface area (Å²) in [7, 11) is 3.79. The number of likely N-dealkylation sites (N-methyl/N-ethyl adjacent to an activating group) is 1. The van der Waals surface area contributed by atoms with Crippen LogP contribution in [0.5, 0.6) is 0 Å². The van der Waals surface area contributed by atoms with E-state index in [4.69, 9.17) is 33.3 Å². The quantitative estimate of drug-likeness (QED) is 0.186. The second kappa shape index (κ2) is 16.3. The van der Waals surface area contributed by atoms with Crippen molar-refractivity contribution in [2.75, 3.05) is 14.1 Å². The van der Waals surface area contributed by atoms with E-state index in [1.165, 1.54) is 13.8 Å². The Labute approximate surface area is 284 Å². The summed E-state index contributed by atoms with van der Waals surface area (Å²) < 4.78 is 36.1. The third kappa shape index (κ3) is 8.85. The number of esters is 2. The van der Waals surface area contributed by atoms with Gasteiger partial charge < -0.3 is 43.3 Å². The average Bonchev–Trinajstić information content (AvgIpc) is 3.31. The largest absolute Gasteiger partial charge is 0.509 e. The predicted octanol–water partition coefficient (Wildman–Crippen LogP) is 3.85. The molecule has 0 aromatic rings. The van der Waals surface area contributed by atoms with Crippen molar-refractivity contribution in [2.45, 2.75) is 143 Å². The van der Waals surface area contributed by atoms with Crippen LogP contribution in [0.1, 0.15) is 88.5 Å². The van der Waals surface area contributed by atoms with Gasteiger partial charge >= 0.3 is 24.1 Å². The maximum absolute atomic E-state index is 13.6. The summed E-state index contributed by atoms with van der Waals surface area (Å²) in [6, 6.07) is -0.204. The lowest BCUT2D eigenvalue weighted by Crippen LogP contribution is -2.58. The highest BCUT2D eigenvalue weighted by molar-refractivity contribution is 5.90. The molecule has 0 amide bonds. The van der Waals surface area contributed by atoms with Crippen LogP contribution in [0.25, 0.3) is 0 Å². The Hall–Kier alpha value is -2.81. The van der Waals surface area contributed by atoms with E-state index in [0.717, 1.165) is 0 Å². The lowest BCUT2D eigenvalue weighted by molar-refractivity contribution is -0.286. The van der Waals surface area contributed by atoms with Crippen molar-refractivity contribution in [3.63, 3.8) is 0 Å². The van der Waals surface area contributed by atoms with Crippen molar-refractivity contribution in [3.8, 4) is 0 Å². The van der Waals surface area contributed by atoms with Crippen LogP contribution in [0.4, 0.5) is 4.79 Å². The number of carbonyl (C=O) groups excluding carboxylic acids is 4. The first-order valence-electron chi connectivity index (χ1n) is 17.0. The first kappa shape index (κ1) is 39.6. The Balaban J connectivity index is 2.12. The molecule has 48 heavy (non-hydrogen) atoms. The van der Waals surface area contributed by atoms with Crippen molar-refractivity contribution >= 4 is 29.8 Å². The molecule has 3 fully saturated rings. The van der Waals surface area contributed by atoms with Gasteiger partial charge in [0, 0.05) is 25.7 Å². The number of ether oxygens (including phenoxy) is 6. The van der Waals surface area contributed by atoms with Gasteiger partial charge in [-0.25, -0.2) is 9.59 Å². The monoisotopic (exact) mass is 684 g/mol. The highest BCUT2D eigenvalue weighted by Gasteiger charge is 2.58. The normalized spacial score (nSPS) is 42.2. The Bertz CT molecular complexity index is 1190. The van der Waals surface area contributed by atoms with Crippen molar-refractivity contribution in [2.24, 2.45) is 34.7 Å². The van der Waals surface area contributed by atoms with Crippen molar-refractivity contribution in [3.05, 3.63) is 0 Å². The molecule has 3 heterocycles. The molecule has 14 nitrogen and oxygen atoms in total. The molecule has 0 radical (unpaired) electrons. The minimum atomic E-state index is -1.40. The lowest BCUT2D eigenvalue weighted by Gasteiger charge is -2.45. The highest BCUT2D eigenvalue weighted by atomic mass is 16.8. The molecule has 3 saturated heterocycles. The molecule has 0 aromatic heterocycles. The first-order valence-corrected chi connectivity index (χ1v) is 17.0. The minimum absolute atomic E-state index is 0.204. The van der Waals surface area contributed by atoms with E-state index < -0.39 is 84.2 Å². The zero-order valence-corrected chi connectivity index (χ0v) is 30.5. The van der Waals surface area contributed by atoms with Crippen LogP contribution >= 0.6 is 0 Å². The molecule has 274 valence electrons. The van der Waals surface area contributed by atoms with Gasteiger partial charge in [-0.2, -0.15) is 0 Å². The number of rotatable bonds is 6. The summed E-state index contributed by atoms with van der Waals surface area (Å²) in [4.78, 5) is 57.5. The number of cyclic esters (lactones) is 1. The highest BCUT2D eigenvalue weighted by Crippen LogP contribution is 2.41. The van der Waals surface area contributed by atoms with E-state index in [0.29, 0.717) is 18.6 Å². The second-order valence-corrected chi connectivity index (χ2v) is 14.3. The molecule has 0 aliphatic carbocycles. The maximum atomic E-state index is 13.6. The average molecular weight is 685 g/mol. The van der Waals surface area contributed by atoms with Crippen molar-refractivity contribution in [1.29, 1.82) is 0 Å². The molecule has 0 bridgehead atoms. The number of oxime groups is 1. The van der Waals surface area contributed by atoms with Crippen LogP contribution in [-0.4, -0.2) is 108 Å². The van der Waals surface area contributed by atoms with E-state index in [9.17, 15) is 24.3 Å². The molecule has 2 unspecified atom stereocenters. The van der Waals surface area contributed by atoms with Crippen molar-refractivity contribution in [1.82, 2.24) is 4.90 Å². The van der Waals surface area contributed by atoms with Gasteiger partial charge in [0.05, 0.1) is 36.0 Å². The predicted molar refractivity (Wildman–Crippen MR) is 172 cm³/mol. The molecule has 14 atom stereocenters. The van der Waals surface area contributed by atoms with Gasteiger partial charge in [0.15, 0.2) is 24.1 Å². The van der Waals surface area contributed by atoms with Crippen LogP contribution in [0.3, 0.4) is 0 Å². The molecular weight excluding hydrogens is 628 g/mol. The van der Waals surface area contributed by atoms with E-state index in [2.05, 4.69) is 5.16 Å². The summed E-state index contributed by atoms with van der Waals surface area (Å²) in [6.07, 6.45) is -5.42. The third-order valence-electron chi connectivity index (χ3n) is 10.1. The van der Waals surface area contributed by atoms with E-state index in [1.807, 2.05) is 39.8 Å². The summed E-state index contributed by atoms with van der Waals surface area (Å²) in [5.41, 5.74) is -0.975. The molecule has 14 heteroatoms. The fourth-order valence-electron chi connectivity index (χ4n) is 7.57. The number of hydrogen-bond acceptors (Lipinski definition) is 14. The molecule has 1 N–H and O–H groups in total. The fraction of sp³-hybridized carbons (Fsp3) is 0.853. The zero-order chi connectivity index (χ0) is 36.2. The molecule has 3 aliphatic rings. The molecule has 3 rings (SSSR count). The number of aliphatic hydroxyl groups is 1. The van der Waals surface area contributed by atoms with Gasteiger partial charge in [0.1, 0.15) is 6.10 Å². The number of fused-ring (bicyclic) bond motifs is 1. The Morgan fingerprint density at radius 2 is 1.62 bits per heavy atom. The van der Waals surface area contributed by atoms with Crippen LogP contribution in [0.2, 0.25) is 0 Å². The number of hydrogen-bond donors (Lipinski definition) is 1. The Morgan fingerprint density at radius 1 is 0.979 bits per heavy atom. The first-order chi connectivity index (χ1) is 22.3. The zero-order valence-electron chi connectivity index (χ0n) is 30.5. The van der Waals surface area contributed by atoms with Crippen LogP contribution < -0.4 is 0 Å².